The summed E-state index contributed by atoms with van der Waals surface area (Å²) < 4.78 is 5.45. The molecule has 1 unspecified atom stereocenters. The molecule has 0 saturated carbocycles. The van der Waals surface area contributed by atoms with E-state index >= 15 is 0 Å². The van der Waals surface area contributed by atoms with Gasteiger partial charge in [-0.25, -0.2) is 0 Å². The van der Waals surface area contributed by atoms with Crippen LogP contribution in [0.1, 0.15) is 13.8 Å². The molecule has 1 saturated heterocycles. The molecule has 1 heterocycles. The average Bonchev–Trinajstić information content (AvgIpc) is 2.03. The molecule has 2 nitrogen and oxygen atoms in total. The van der Waals surface area contributed by atoms with Crippen LogP contribution >= 0.6 is 11.8 Å². The van der Waals surface area contributed by atoms with Gasteiger partial charge in [0.1, 0.15) is 0 Å². The number of thioether (sulfide) groups is 1. The van der Waals surface area contributed by atoms with Crippen molar-refractivity contribution in [3.8, 4) is 0 Å². The zero-order chi connectivity index (χ0) is 8.27. The lowest BCUT2D eigenvalue weighted by Crippen LogP contribution is -2.44. The largest absolute Gasteiger partial charge is 0.376 e. The molecule has 66 valence electrons. The average molecular weight is 175 g/mol. The van der Waals surface area contributed by atoms with Gasteiger partial charge in [-0.1, -0.05) is 0 Å². The van der Waals surface area contributed by atoms with E-state index in [4.69, 9.17) is 4.74 Å². The summed E-state index contributed by atoms with van der Waals surface area (Å²) >= 11 is 1.90. The van der Waals surface area contributed by atoms with E-state index in [0.29, 0.717) is 11.5 Å². The van der Waals surface area contributed by atoms with Crippen molar-refractivity contribution in [1.82, 2.24) is 4.90 Å². The van der Waals surface area contributed by atoms with E-state index in [1.807, 2.05) is 11.8 Å². The molecule has 1 rings (SSSR count). The summed E-state index contributed by atoms with van der Waals surface area (Å²) in [7, 11) is 0. The van der Waals surface area contributed by atoms with Crippen LogP contribution in [0.15, 0.2) is 0 Å². The molecule has 0 aromatic carbocycles. The Labute approximate surface area is 73.3 Å². The Kier molecular flexibility index (Phi) is 3.69. The van der Waals surface area contributed by atoms with E-state index in [1.165, 1.54) is 0 Å². The van der Waals surface area contributed by atoms with Crippen LogP contribution in [-0.2, 0) is 4.74 Å². The molecular weight excluding hydrogens is 158 g/mol. The van der Waals surface area contributed by atoms with Gasteiger partial charge in [-0.15, -0.1) is 11.8 Å². The maximum absolute atomic E-state index is 5.45. The van der Waals surface area contributed by atoms with E-state index in [1.54, 1.807) is 0 Å². The van der Waals surface area contributed by atoms with Crippen molar-refractivity contribution < 1.29 is 4.74 Å². The first-order chi connectivity index (χ1) is 5.24. The zero-order valence-corrected chi connectivity index (χ0v) is 8.36. The van der Waals surface area contributed by atoms with Gasteiger partial charge in [-0.2, -0.15) is 0 Å². The molecule has 0 aromatic heterocycles. The third-order valence-corrected chi connectivity index (χ3v) is 3.11. The van der Waals surface area contributed by atoms with Crippen molar-refractivity contribution in [3.63, 3.8) is 0 Å². The van der Waals surface area contributed by atoms with Crippen LogP contribution in [0, 0.1) is 0 Å². The highest BCUT2D eigenvalue weighted by atomic mass is 32.2. The lowest BCUT2D eigenvalue weighted by molar-refractivity contribution is -0.0203. The molecule has 0 amide bonds. The Balaban J connectivity index is 2.33. The maximum atomic E-state index is 5.45. The molecule has 1 aliphatic heterocycles. The number of hydrogen-bond donors (Lipinski definition) is 0. The molecule has 0 aromatic rings. The highest BCUT2D eigenvalue weighted by Gasteiger charge is 2.20. The number of hydrogen-bond acceptors (Lipinski definition) is 3. The van der Waals surface area contributed by atoms with Crippen LogP contribution in [0.2, 0.25) is 0 Å². The van der Waals surface area contributed by atoms with E-state index < -0.39 is 0 Å². The molecule has 2 atom stereocenters. The fraction of sp³-hybridized carbons (Fsp3) is 1.00. The van der Waals surface area contributed by atoms with Crippen molar-refractivity contribution in [2.45, 2.75) is 25.3 Å². The van der Waals surface area contributed by atoms with Crippen LogP contribution in [0.25, 0.3) is 0 Å². The fourth-order valence-corrected chi connectivity index (χ4v) is 1.81. The first kappa shape index (κ1) is 9.36. The first-order valence-electron chi connectivity index (χ1n) is 4.12. The molecule has 11 heavy (non-hydrogen) atoms. The van der Waals surface area contributed by atoms with Crippen LogP contribution in [0.3, 0.4) is 0 Å². The molecule has 1 aliphatic rings. The minimum absolute atomic E-state index is 0.415. The summed E-state index contributed by atoms with van der Waals surface area (Å²) in [5, 5.41) is 0.640. The molecular formula is C8H17NOS. The molecule has 0 spiro atoms. The molecule has 0 N–H and O–H groups in total. The van der Waals surface area contributed by atoms with Crippen molar-refractivity contribution in [1.29, 1.82) is 0 Å². The maximum Gasteiger partial charge on any atom is 0.0674 e. The lowest BCUT2D eigenvalue weighted by Gasteiger charge is -2.34. The lowest BCUT2D eigenvalue weighted by atomic mass is 10.3. The van der Waals surface area contributed by atoms with Gasteiger partial charge in [0.2, 0.25) is 0 Å². The molecule has 1 fully saturated rings. The minimum atomic E-state index is 0.415. The third-order valence-electron chi connectivity index (χ3n) is 2.13. The Morgan fingerprint density at radius 1 is 1.64 bits per heavy atom. The quantitative estimate of drug-likeness (QED) is 0.630. The number of rotatable bonds is 2. The summed E-state index contributed by atoms with van der Waals surface area (Å²) in [6, 6.07) is 0. The summed E-state index contributed by atoms with van der Waals surface area (Å²) in [6.07, 6.45) is 2.57. The van der Waals surface area contributed by atoms with Crippen molar-refractivity contribution in [2.75, 3.05) is 26.0 Å². The van der Waals surface area contributed by atoms with Crippen molar-refractivity contribution in [2.24, 2.45) is 0 Å². The highest BCUT2D eigenvalue weighted by Crippen LogP contribution is 2.15. The van der Waals surface area contributed by atoms with Gasteiger partial charge < -0.3 is 4.74 Å². The second kappa shape index (κ2) is 4.33. The SMILES string of the molecule is CSC(C)N1CCO[C@H](C)C1. The highest BCUT2D eigenvalue weighted by molar-refractivity contribution is 7.99. The van der Waals surface area contributed by atoms with E-state index in [0.717, 1.165) is 19.7 Å². The Bertz CT molecular complexity index is 121. The van der Waals surface area contributed by atoms with Gasteiger partial charge >= 0.3 is 0 Å². The van der Waals surface area contributed by atoms with Crippen molar-refractivity contribution in [3.05, 3.63) is 0 Å². The number of morpholine rings is 1. The van der Waals surface area contributed by atoms with Crippen molar-refractivity contribution >= 4 is 11.8 Å². The molecule has 0 bridgehead atoms. The predicted octanol–water partition coefficient (Wildman–Crippen LogP) is 1.42. The van der Waals surface area contributed by atoms with E-state index in [-0.39, 0.29) is 0 Å². The Morgan fingerprint density at radius 2 is 2.36 bits per heavy atom. The standard InChI is InChI=1S/C8H17NOS/c1-7-6-9(4-5-10-7)8(2)11-3/h7-8H,4-6H2,1-3H3/t7-,8?/m1/s1. The van der Waals surface area contributed by atoms with Gasteiger partial charge in [0.15, 0.2) is 0 Å². The van der Waals surface area contributed by atoms with Crippen LogP contribution in [0.5, 0.6) is 0 Å². The number of ether oxygens (including phenoxy) is 1. The van der Waals surface area contributed by atoms with Gasteiger partial charge in [0.25, 0.3) is 0 Å². The van der Waals surface area contributed by atoms with Crippen LogP contribution < -0.4 is 0 Å². The predicted molar refractivity (Wildman–Crippen MR) is 50.0 cm³/mol. The Morgan fingerprint density at radius 3 is 2.91 bits per heavy atom. The van der Waals surface area contributed by atoms with Crippen LogP contribution in [0.4, 0.5) is 0 Å². The topological polar surface area (TPSA) is 12.5 Å². The van der Waals surface area contributed by atoms with E-state index in [2.05, 4.69) is 25.0 Å². The van der Waals surface area contributed by atoms with E-state index in [9.17, 15) is 0 Å². The second-order valence-electron chi connectivity index (χ2n) is 3.01. The van der Waals surface area contributed by atoms with Gasteiger partial charge in [0.05, 0.1) is 18.1 Å². The fourth-order valence-electron chi connectivity index (χ4n) is 1.32. The summed E-state index contributed by atoms with van der Waals surface area (Å²) in [4.78, 5) is 2.47. The molecule has 0 radical (unpaired) electrons. The smallest absolute Gasteiger partial charge is 0.0674 e. The Hall–Kier alpha value is 0.270. The minimum Gasteiger partial charge on any atom is -0.376 e. The first-order valence-corrected chi connectivity index (χ1v) is 5.41. The molecule has 0 aliphatic carbocycles. The summed E-state index contributed by atoms with van der Waals surface area (Å²) in [6.45, 7) is 7.46. The normalized spacial score (nSPS) is 30.3. The monoisotopic (exact) mass is 175 g/mol. The second-order valence-corrected chi connectivity index (χ2v) is 4.16. The zero-order valence-electron chi connectivity index (χ0n) is 7.54. The number of nitrogens with zero attached hydrogens (tertiary/aromatic N) is 1. The third kappa shape index (κ3) is 2.65. The van der Waals surface area contributed by atoms with Gasteiger partial charge in [-0.3, -0.25) is 4.90 Å². The van der Waals surface area contributed by atoms with Crippen LogP contribution in [-0.4, -0.2) is 42.3 Å². The molecule has 3 heteroatoms. The summed E-state index contributed by atoms with van der Waals surface area (Å²) in [5.74, 6) is 0. The summed E-state index contributed by atoms with van der Waals surface area (Å²) in [5.41, 5.74) is 0. The van der Waals surface area contributed by atoms with Gasteiger partial charge in [-0.05, 0) is 20.1 Å². The van der Waals surface area contributed by atoms with Gasteiger partial charge in [0, 0.05) is 13.1 Å².